The van der Waals surface area contributed by atoms with E-state index in [9.17, 15) is 23.6 Å². The van der Waals surface area contributed by atoms with Gasteiger partial charge in [-0.1, -0.05) is 30.3 Å². The van der Waals surface area contributed by atoms with Gasteiger partial charge in [-0.15, -0.1) is 0 Å². The second kappa shape index (κ2) is 11.2. The molecule has 1 aromatic carbocycles. The highest BCUT2D eigenvalue weighted by molar-refractivity contribution is 7.56. The van der Waals surface area contributed by atoms with Gasteiger partial charge in [-0.2, -0.15) is 0 Å². The summed E-state index contributed by atoms with van der Waals surface area (Å²) in [5.74, 6) is -2.15. The fourth-order valence-electron chi connectivity index (χ4n) is 3.00. The Morgan fingerprint density at radius 3 is 1.93 bits per heavy atom. The minimum absolute atomic E-state index is 0.0317. The van der Waals surface area contributed by atoms with Crippen LogP contribution in [0.3, 0.4) is 0 Å². The summed E-state index contributed by atoms with van der Waals surface area (Å²) in [6.45, 7) is 2.86. The summed E-state index contributed by atoms with van der Waals surface area (Å²) in [5, 5.41) is -2.40. The number of esters is 2. The van der Waals surface area contributed by atoms with Gasteiger partial charge >= 0.3 is 27.1 Å². The predicted octanol–water partition coefficient (Wildman–Crippen LogP) is 3.08. The maximum Gasteiger partial charge on any atom is 0.349 e. The minimum atomic E-state index is -4.84. The quantitative estimate of drug-likeness (QED) is 0.362. The first-order chi connectivity index (χ1) is 14.1. The van der Waals surface area contributed by atoms with E-state index in [1.54, 1.807) is 6.07 Å². The Balaban J connectivity index is 3.86. The van der Waals surface area contributed by atoms with E-state index in [1.165, 1.54) is 38.1 Å². The second-order valence-electron chi connectivity index (χ2n) is 6.03. The molecule has 0 aliphatic rings. The zero-order valence-electron chi connectivity index (χ0n) is 17.6. The van der Waals surface area contributed by atoms with Gasteiger partial charge in [0.05, 0.1) is 13.2 Å². The van der Waals surface area contributed by atoms with E-state index < -0.39 is 44.4 Å². The highest BCUT2D eigenvalue weighted by atomic mass is 31.2. The van der Waals surface area contributed by atoms with Crippen molar-refractivity contribution in [1.82, 2.24) is 0 Å². The Kier molecular flexibility index (Phi) is 9.88. The van der Waals surface area contributed by atoms with Gasteiger partial charge in [-0.05, 0) is 19.4 Å². The van der Waals surface area contributed by atoms with Gasteiger partial charge in [-0.25, -0.2) is 0 Å². The van der Waals surface area contributed by atoms with Crippen LogP contribution in [0.2, 0.25) is 0 Å². The first-order valence-corrected chi connectivity index (χ1v) is 12.3. The molecule has 12 heteroatoms. The van der Waals surface area contributed by atoms with E-state index in [2.05, 4.69) is 0 Å². The smallest absolute Gasteiger partial charge is 0.349 e. The van der Waals surface area contributed by atoms with E-state index in [0.29, 0.717) is 0 Å². The zero-order chi connectivity index (χ0) is 23.0. The summed E-state index contributed by atoms with van der Waals surface area (Å²) in [5.41, 5.74) is -1.68. The molecule has 0 saturated heterocycles. The maximum absolute atomic E-state index is 13.3. The first-order valence-electron chi connectivity index (χ1n) is 9.09. The molecule has 3 atom stereocenters. The number of hydrogen-bond acceptors (Lipinski definition) is 9. The molecule has 30 heavy (non-hydrogen) atoms. The molecular formula is C18H28O10P2. The van der Waals surface area contributed by atoms with Crippen LogP contribution in [-0.2, 0) is 46.9 Å². The number of rotatable bonds is 12. The van der Waals surface area contributed by atoms with Gasteiger partial charge < -0.3 is 27.9 Å². The minimum Gasteiger partial charge on any atom is -0.465 e. The molecule has 0 aliphatic heterocycles. The van der Waals surface area contributed by atoms with E-state index in [1.807, 2.05) is 0 Å². The fraction of sp³-hybridized carbons (Fsp3) is 0.556. The number of benzene rings is 1. The van der Waals surface area contributed by atoms with Crippen molar-refractivity contribution in [2.24, 2.45) is 0 Å². The molecule has 170 valence electrons. The van der Waals surface area contributed by atoms with Gasteiger partial charge in [-0.3, -0.25) is 18.7 Å². The molecule has 1 aromatic rings. The van der Waals surface area contributed by atoms with E-state index >= 15 is 0 Å². The molecule has 1 rings (SSSR count). The number of hydrogen-bond donors (Lipinski definition) is 1. The SMILES string of the molecule is CCOC(=O)C(CC(C(=O)OCC)(c1ccccc1)P(=O)(O)OC)P(=O)(OC)OC. The Hall–Kier alpha value is -1.54. The Morgan fingerprint density at radius 1 is 0.967 bits per heavy atom. The van der Waals surface area contributed by atoms with Crippen molar-refractivity contribution >= 4 is 27.1 Å². The van der Waals surface area contributed by atoms with Crippen LogP contribution in [0.4, 0.5) is 0 Å². The molecule has 3 unspecified atom stereocenters. The largest absolute Gasteiger partial charge is 0.465 e. The summed E-state index contributed by atoms with van der Waals surface area (Å²) >= 11 is 0. The molecule has 0 aliphatic carbocycles. The molecule has 0 saturated carbocycles. The van der Waals surface area contributed by atoms with Crippen molar-refractivity contribution in [3.63, 3.8) is 0 Å². The summed E-state index contributed by atoms with van der Waals surface area (Å²) in [6, 6.07) is 7.51. The van der Waals surface area contributed by atoms with Crippen LogP contribution in [-0.4, -0.2) is 57.0 Å². The summed E-state index contributed by atoms with van der Waals surface area (Å²) < 4.78 is 51.2. The lowest BCUT2D eigenvalue weighted by Crippen LogP contribution is -2.43. The highest BCUT2D eigenvalue weighted by Gasteiger charge is 2.62. The molecule has 0 radical (unpaired) electrons. The topological polar surface area (TPSA) is 135 Å². The molecule has 0 bridgehead atoms. The van der Waals surface area contributed by atoms with Crippen molar-refractivity contribution in [2.75, 3.05) is 34.5 Å². The van der Waals surface area contributed by atoms with Crippen LogP contribution in [0.15, 0.2) is 30.3 Å². The monoisotopic (exact) mass is 466 g/mol. The van der Waals surface area contributed by atoms with Crippen molar-refractivity contribution in [1.29, 1.82) is 0 Å². The summed E-state index contributed by atoms with van der Waals surface area (Å²) in [7, 11) is -5.98. The van der Waals surface area contributed by atoms with Crippen LogP contribution < -0.4 is 0 Å². The van der Waals surface area contributed by atoms with Crippen LogP contribution in [0, 0.1) is 0 Å². The van der Waals surface area contributed by atoms with Crippen molar-refractivity contribution < 1.29 is 46.7 Å². The van der Waals surface area contributed by atoms with E-state index in [4.69, 9.17) is 23.0 Å². The molecule has 0 fully saturated rings. The van der Waals surface area contributed by atoms with Crippen LogP contribution in [0.25, 0.3) is 0 Å². The number of carbonyl (C=O) groups is 2. The summed E-state index contributed by atoms with van der Waals surface area (Å²) in [4.78, 5) is 36.6. The molecule has 0 amide bonds. The lowest BCUT2D eigenvalue weighted by molar-refractivity contribution is -0.148. The standard InChI is InChI=1S/C18H28O10P2/c1-6-27-16(19)15(29(21,24-3)25-4)13-18(17(20)28-7-2,30(22,23)26-5)14-11-9-8-10-12-14/h8-12,15H,6-7,13H2,1-5H3,(H,22,23). The predicted molar refractivity (Wildman–Crippen MR) is 108 cm³/mol. The van der Waals surface area contributed by atoms with Gasteiger partial charge in [0, 0.05) is 27.8 Å². The number of ether oxygens (including phenoxy) is 2. The normalized spacial score (nSPS) is 16.7. The van der Waals surface area contributed by atoms with Crippen molar-refractivity contribution in [2.45, 2.75) is 31.1 Å². The molecule has 10 nitrogen and oxygen atoms in total. The lowest BCUT2D eigenvalue weighted by atomic mass is 9.92. The second-order valence-corrected chi connectivity index (χ2v) is 10.6. The first kappa shape index (κ1) is 26.5. The van der Waals surface area contributed by atoms with Gasteiger partial charge in [0.15, 0.2) is 10.8 Å². The Morgan fingerprint density at radius 2 is 1.50 bits per heavy atom. The van der Waals surface area contributed by atoms with E-state index in [-0.39, 0.29) is 18.8 Å². The molecule has 0 spiro atoms. The van der Waals surface area contributed by atoms with Crippen molar-refractivity contribution in [3.8, 4) is 0 Å². The lowest BCUT2D eigenvalue weighted by Gasteiger charge is -2.37. The van der Waals surface area contributed by atoms with E-state index in [0.717, 1.165) is 21.3 Å². The average Bonchev–Trinajstić information content (AvgIpc) is 2.74. The zero-order valence-corrected chi connectivity index (χ0v) is 19.4. The average molecular weight is 466 g/mol. The third kappa shape index (κ3) is 5.19. The fourth-order valence-corrected chi connectivity index (χ4v) is 6.13. The third-order valence-electron chi connectivity index (χ3n) is 4.53. The summed E-state index contributed by atoms with van der Waals surface area (Å²) in [6.07, 6.45) is -0.782. The van der Waals surface area contributed by atoms with Gasteiger partial charge in [0.25, 0.3) is 0 Å². The van der Waals surface area contributed by atoms with Crippen molar-refractivity contribution in [3.05, 3.63) is 35.9 Å². The Bertz CT molecular complexity index is 804. The molecular weight excluding hydrogens is 438 g/mol. The third-order valence-corrected chi connectivity index (χ3v) is 8.79. The highest BCUT2D eigenvalue weighted by Crippen LogP contribution is 2.67. The number of carbonyl (C=O) groups excluding carboxylic acids is 2. The maximum atomic E-state index is 13.3. The van der Waals surface area contributed by atoms with Gasteiger partial charge in [0.2, 0.25) is 0 Å². The van der Waals surface area contributed by atoms with Crippen LogP contribution >= 0.6 is 15.2 Å². The van der Waals surface area contributed by atoms with Crippen LogP contribution in [0.5, 0.6) is 0 Å². The van der Waals surface area contributed by atoms with Gasteiger partial charge in [0.1, 0.15) is 0 Å². The molecule has 1 N–H and O–H groups in total. The van der Waals surface area contributed by atoms with Crippen LogP contribution in [0.1, 0.15) is 25.8 Å². The molecule has 0 heterocycles. The molecule has 0 aromatic heterocycles. The Labute approximate surface area is 175 Å².